The number of halogens is 3. The Morgan fingerprint density at radius 3 is 2.79 bits per heavy atom. The van der Waals surface area contributed by atoms with Gasteiger partial charge in [0.2, 0.25) is 5.91 Å². The van der Waals surface area contributed by atoms with E-state index < -0.39 is 0 Å². The van der Waals surface area contributed by atoms with Gasteiger partial charge in [0.05, 0.1) is 10.6 Å². The average Bonchev–Trinajstić information content (AvgIpc) is 2.33. The van der Waals surface area contributed by atoms with Gasteiger partial charge < -0.3 is 4.90 Å². The molecule has 1 aromatic rings. The summed E-state index contributed by atoms with van der Waals surface area (Å²) in [7, 11) is 0. The van der Waals surface area contributed by atoms with Crippen LogP contribution in [0.4, 0.5) is 4.39 Å². The van der Waals surface area contributed by atoms with Crippen molar-refractivity contribution in [1.82, 2.24) is 4.90 Å². The topological polar surface area (TPSA) is 20.3 Å². The van der Waals surface area contributed by atoms with E-state index in [2.05, 4.69) is 37.9 Å². The quantitative estimate of drug-likeness (QED) is 0.482. The van der Waals surface area contributed by atoms with Gasteiger partial charge in [-0.2, -0.15) is 0 Å². The molecular weight excluding hydrogens is 454 g/mol. The van der Waals surface area contributed by atoms with E-state index in [1.807, 2.05) is 6.92 Å². The molecule has 0 N–H and O–H groups in total. The summed E-state index contributed by atoms with van der Waals surface area (Å²) in [6.45, 7) is 2.35. The summed E-state index contributed by atoms with van der Waals surface area (Å²) in [4.78, 5) is 13.3. The maximum absolute atomic E-state index is 13.9. The van der Waals surface area contributed by atoms with Crippen LogP contribution in [0.2, 0.25) is 0 Å². The standard InChI is InChI=1S/C13H11Br2FNO.Y/c1-2-17-11(7-6-9(15)13(17)18)12-8(14)4-3-5-10(12)16;/h3-5,9H,2,6H2,1H3;/q-1;. The first kappa shape index (κ1) is 17.5. The molecule has 6 heteroatoms. The van der Waals surface area contributed by atoms with Crippen molar-refractivity contribution in [3.63, 3.8) is 0 Å². The summed E-state index contributed by atoms with van der Waals surface area (Å²) in [6.07, 6.45) is 3.55. The SMILES string of the molecule is CCN1C(=O)C(Br)C[C-]=C1c1c(F)cccc1Br.[Y]. The second-order valence-corrected chi connectivity index (χ2v) is 5.84. The summed E-state index contributed by atoms with van der Waals surface area (Å²) in [5, 5.41) is 0. The monoisotopic (exact) mass is 463 g/mol. The van der Waals surface area contributed by atoms with Crippen LogP contribution < -0.4 is 0 Å². The molecule has 1 radical (unpaired) electrons. The van der Waals surface area contributed by atoms with E-state index in [1.54, 1.807) is 17.0 Å². The van der Waals surface area contributed by atoms with Crippen LogP contribution in [0.1, 0.15) is 18.9 Å². The van der Waals surface area contributed by atoms with E-state index in [-0.39, 0.29) is 49.3 Å². The molecule has 0 saturated carbocycles. The minimum Gasteiger partial charge on any atom is -0.347 e. The van der Waals surface area contributed by atoms with Gasteiger partial charge in [0.25, 0.3) is 0 Å². The maximum atomic E-state index is 13.9. The molecule has 1 amide bonds. The summed E-state index contributed by atoms with van der Waals surface area (Å²) < 4.78 is 14.6. The minimum atomic E-state index is -0.355. The van der Waals surface area contributed by atoms with Crippen molar-refractivity contribution in [2.45, 2.75) is 18.2 Å². The number of carbonyl (C=O) groups excluding carboxylic acids is 1. The molecule has 1 unspecified atom stereocenters. The Morgan fingerprint density at radius 2 is 2.21 bits per heavy atom. The molecule has 1 aliphatic heterocycles. The van der Waals surface area contributed by atoms with Crippen LogP contribution >= 0.6 is 31.9 Å². The van der Waals surface area contributed by atoms with Crippen molar-refractivity contribution in [3.8, 4) is 0 Å². The number of nitrogens with zero attached hydrogens (tertiary/aromatic N) is 1. The molecule has 0 aliphatic carbocycles. The van der Waals surface area contributed by atoms with E-state index in [4.69, 9.17) is 0 Å². The molecule has 1 aliphatic rings. The number of alkyl halides is 1. The predicted octanol–water partition coefficient (Wildman–Crippen LogP) is 3.75. The third-order valence-corrected chi connectivity index (χ3v) is 4.14. The molecule has 2 rings (SSSR count). The smallest absolute Gasteiger partial charge is 0.236 e. The first-order valence-corrected chi connectivity index (χ1v) is 7.27. The summed E-state index contributed by atoms with van der Waals surface area (Å²) in [5.41, 5.74) is 0.912. The zero-order valence-corrected chi connectivity index (χ0v) is 16.3. The van der Waals surface area contributed by atoms with Crippen LogP contribution in [-0.2, 0) is 37.5 Å². The van der Waals surface area contributed by atoms with E-state index in [9.17, 15) is 9.18 Å². The van der Waals surface area contributed by atoms with Crippen molar-refractivity contribution >= 4 is 43.5 Å². The van der Waals surface area contributed by atoms with Gasteiger partial charge in [-0.1, -0.05) is 54.9 Å². The Bertz CT molecular complexity index is 501. The molecule has 1 heterocycles. The fourth-order valence-electron chi connectivity index (χ4n) is 1.91. The van der Waals surface area contributed by atoms with E-state index in [1.165, 1.54) is 6.07 Å². The largest absolute Gasteiger partial charge is 0.347 e. The number of allylic oxidation sites excluding steroid dienone is 1. The molecule has 0 bridgehead atoms. The van der Waals surface area contributed by atoms with Crippen molar-refractivity contribution in [3.05, 3.63) is 40.1 Å². The molecule has 2 nitrogen and oxygen atoms in total. The molecule has 99 valence electrons. The zero-order chi connectivity index (χ0) is 13.3. The number of benzene rings is 1. The molecular formula is C13H11Br2FNOY-. The van der Waals surface area contributed by atoms with Crippen molar-refractivity contribution in [2.75, 3.05) is 6.54 Å². The maximum Gasteiger partial charge on any atom is 0.236 e. The molecule has 0 fully saturated rings. The van der Waals surface area contributed by atoms with E-state index in [0.717, 1.165) is 0 Å². The van der Waals surface area contributed by atoms with Gasteiger partial charge in [-0.05, 0) is 13.0 Å². The first-order chi connectivity index (χ1) is 8.56. The van der Waals surface area contributed by atoms with Crippen LogP contribution in [0.15, 0.2) is 22.7 Å². The van der Waals surface area contributed by atoms with Crippen molar-refractivity contribution in [1.29, 1.82) is 0 Å². The first-order valence-electron chi connectivity index (χ1n) is 5.57. The van der Waals surface area contributed by atoms with Gasteiger partial charge in [0.15, 0.2) is 0 Å². The molecule has 19 heavy (non-hydrogen) atoms. The van der Waals surface area contributed by atoms with E-state index in [0.29, 0.717) is 28.7 Å². The fourth-order valence-corrected chi connectivity index (χ4v) is 2.85. The Balaban J connectivity index is 0.00000180. The molecule has 0 saturated heterocycles. The molecule has 0 spiro atoms. The molecule has 1 atom stereocenters. The predicted molar refractivity (Wildman–Crippen MR) is 75.5 cm³/mol. The Morgan fingerprint density at radius 1 is 1.53 bits per heavy atom. The number of carbonyl (C=O) groups is 1. The Labute approximate surface area is 153 Å². The van der Waals surface area contributed by atoms with Gasteiger partial charge in [-0.15, -0.1) is 11.3 Å². The van der Waals surface area contributed by atoms with Crippen LogP contribution in [0, 0.1) is 11.9 Å². The number of hydrogen-bond acceptors (Lipinski definition) is 1. The summed E-state index contributed by atoms with van der Waals surface area (Å²) in [6, 6.07) is 4.76. The van der Waals surface area contributed by atoms with Crippen molar-refractivity contribution in [2.24, 2.45) is 0 Å². The van der Waals surface area contributed by atoms with Gasteiger partial charge >= 0.3 is 0 Å². The van der Waals surface area contributed by atoms with Gasteiger partial charge in [-0.25, -0.2) is 10.5 Å². The van der Waals surface area contributed by atoms with Gasteiger partial charge in [-0.3, -0.25) is 4.79 Å². The fraction of sp³-hybridized carbons (Fsp3) is 0.308. The number of hydrogen-bond donors (Lipinski definition) is 0. The summed E-state index contributed by atoms with van der Waals surface area (Å²) in [5.74, 6) is -0.410. The van der Waals surface area contributed by atoms with Crippen LogP contribution in [0.25, 0.3) is 5.70 Å². The third-order valence-electron chi connectivity index (χ3n) is 2.77. The zero-order valence-electron chi connectivity index (χ0n) is 10.3. The molecule has 0 aromatic heterocycles. The van der Waals surface area contributed by atoms with Crippen LogP contribution in [0.5, 0.6) is 0 Å². The van der Waals surface area contributed by atoms with Gasteiger partial charge in [0.1, 0.15) is 0 Å². The van der Waals surface area contributed by atoms with E-state index >= 15 is 0 Å². The minimum absolute atomic E-state index is 0. The molecule has 1 aromatic carbocycles. The van der Waals surface area contributed by atoms with Gasteiger partial charge in [0, 0.05) is 39.3 Å². The Kier molecular flexibility index (Phi) is 6.84. The van der Waals surface area contributed by atoms with Crippen molar-refractivity contribution < 1.29 is 41.9 Å². The second-order valence-electron chi connectivity index (χ2n) is 3.88. The summed E-state index contributed by atoms with van der Waals surface area (Å²) >= 11 is 6.62. The van der Waals surface area contributed by atoms with Crippen LogP contribution in [-0.4, -0.2) is 22.2 Å². The number of rotatable bonds is 2. The third kappa shape index (κ3) is 3.55. The number of amides is 1. The average molecular weight is 465 g/mol. The normalized spacial score (nSPS) is 18.9. The second kappa shape index (κ2) is 7.44. The Hall–Kier alpha value is 0.424. The van der Waals surface area contributed by atoms with Crippen LogP contribution in [0.3, 0.4) is 0 Å².